The quantitative estimate of drug-likeness (QED) is 0.851. The molecule has 0 fully saturated rings. The number of nitrogens with one attached hydrogen (secondary N) is 1. The van der Waals surface area contributed by atoms with Crippen LogP contribution in [0.4, 0.5) is 13.2 Å². The molecule has 0 aliphatic carbocycles. The van der Waals surface area contributed by atoms with Crippen LogP contribution in [0.25, 0.3) is 0 Å². The third-order valence-corrected chi connectivity index (χ3v) is 2.07. The molecule has 0 spiro atoms. The molecule has 92 valence electrons. The number of aromatic nitrogens is 2. The number of hydrogen-bond donors (Lipinski definition) is 1. The summed E-state index contributed by atoms with van der Waals surface area (Å²) < 4.78 is 40.9. The zero-order chi connectivity index (χ0) is 12.2. The number of rotatable bonds is 5. The van der Waals surface area contributed by atoms with Crippen LogP contribution in [-0.2, 0) is 12.6 Å². The average Bonchev–Trinajstić information content (AvgIpc) is 2.63. The molecule has 0 radical (unpaired) electrons. The van der Waals surface area contributed by atoms with Gasteiger partial charge in [-0.2, -0.15) is 18.2 Å². The molecule has 1 aromatic rings. The molecule has 0 aliphatic heterocycles. The summed E-state index contributed by atoms with van der Waals surface area (Å²) in [5.41, 5.74) is 0. The minimum absolute atomic E-state index is 0.0251. The van der Waals surface area contributed by atoms with Crippen LogP contribution in [0.15, 0.2) is 4.52 Å². The van der Waals surface area contributed by atoms with Gasteiger partial charge in [0.2, 0.25) is 5.89 Å². The summed E-state index contributed by atoms with van der Waals surface area (Å²) in [7, 11) is 0. The Bertz CT molecular complexity index is 324. The molecule has 0 bridgehead atoms. The Balaban J connectivity index is 2.47. The number of alkyl halides is 3. The molecule has 0 saturated carbocycles. The van der Waals surface area contributed by atoms with Crippen LogP contribution in [0.3, 0.4) is 0 Å². The van der Waals surface area contributed by atoms with Gasteiger partial charge in [0.05, 0.1) is 0 Å². The smallest absolute Gasteiger partial charge is 0.339 e. The number of aryl methyl sites for hydroxylation is 1. The van der Waals surface area contributed by atoms with E-state index in [0.29, 0.717) is 12.8 Å². The van der Waals surface area contributed by atoms with Crippen molar-refractivity contribution in [2.24, 2.45) is 0 Å². The summed E-state index contributed by atoms with van der Waals surface area (Å²) in [6.07, 6.45) is -3.53. The zero-order valence-electron chi connectivity index (χ0n) is 9.14. The van der Waals surface area contributed by atoms with Crippen molar-refractivity contribution < 1.29 is 17.7 Å². The third kappa shape index (κ3) is 3.80. The molecular weight excluding hydrogens is 223 g/mol. The molecule has 1 N–H and O–H groups in total. The molecular formula is C9H14F3N3O. The molecule has 0 aliphatic rings. The molecule has 1 aromatic heterocycles. The molecule has 4 nitrogen and oxygen atoms in total. The maximum Gasteiger partial charge on any atom is 0.455 e. The highest BCUT2D eigenvalue weighted by atomic mass is 19.4. The van der Waals surface area contributed by atoms with E-state index in [1.165, 1.54) is 0 Å². The van der Waals surface area contributed by atoms with E-state index in [1.807, 2.05) is 13.8 Å². The first-order chi connectivity index (χ1) is 7.43. The maximum atomic E-state index is 12.1. The first-order valence-corrected chi connectivity index (χ1v) is 5.06. The highest BCUT2D eigenvalue weighted by Gasteiger charge is 2.37. The fourth-order valence-corrected chi connectivity index (χ4v) is 1.26. The lowest BCUT2D eigenvalue weighted by Crippen LogP contribution is -2.25. The molecule has 1 atom stereocenters. The molecule has 16 heavy (non-hydrogen) atoms. The van der Waals surface area contributed by atoms with E-state index in [2.05, 4.69) is 20.0 Å². The predicted molar refractivity (Wildman–Crippen MR) is 50.8 cm³/mol. The Labute approximate surface area is 91.2 Å². The first kappa shape index (κ1) is 13.0. The van der Waals surface area contributed by atoms with Crippen molar-refractivity contribution in [3.63, 3.8) is 0 Å². The molecule has 7 heteroatoms. The van der Waals surface area contributed by atoms with Crippen LogP contribution in [0.5, 0.6) is 0 Å². The van der Waals surface area contributed by atoms with Crippen molar-refractivity contribution in [3.8, 4) is 0 Å². The second-order valence-electron chi connectivity index (χ2n) is 3.51. The van der Waals surface area contributed by atoms with Gasteiger partial charge >= 0.3 is 6.18 Å². The van der Waals surface area contributed by atoms with Gasteiger partial charge in [-0.05, 0) is 19.9 Å². The lowest BCUT2D eigenvalue weighted by atomic mass is 10.2. The zero-order valence-corrected chi connectivity index (χ0v) is 9.14. The van der Waals surface area contributed by atoms with Gasteiger partial charge in [-0.1, -0.05) is 12.1 Å². The summed E-state index contributed by atoms with van der Waals surface area (Å²) >= 11 is 0. The minimum atomic E-state index is -4.53. The second-order valence-corrected chi connectivity index (χ2v) is 3.51. The highest BCUT2D eigenvalue weighted by Crippen LogP contribution is 2.26. The van der Waals surface area contributed by atoms with Crippen LogP contribution in [-0.4, -0.2) is 22.7 Å². The number of nitrogens with zero attached hydrogens (tertiary/aromatic N) is 2. The molecule has 1 rings (SSSR count). The Morgan fingerprint density at radius 2 is 2.12 bits per heavy atom. The van der Waals surface area contributed by atoms with Crippen LogP contribution < -0.4 is 5.32 Å². The average molecular weight is 237 g/mol. The van der Waals surface area contributed by atoms with Crippen molar-refractivity contribution >= 4 is 0 Å². The van der Waals surface area contributed by atoms with Gasteiger partial charge in [-0.15, -0.1) is 0 Å². The van der Waals surface area contributed by atoms with Crippen molar-refractivity contribution in [1.29, 1.82) is 0 Å². The van der Waals surface area contributed by atoms with Gasteiger partial charge in [-0.25, -0.2) is 0 Å². The largest absolute Gasteiger partial charge is 0.455 e. The minimum Gasteiger partial charge on any atom is -0.339 e. The molecule has 0 amide bonds. The van der Waals surface area contributed by atoms with E-state index >= 15 is 0 Å². The standard InChI is InChI=1S/C9H14F3N3O/c1-3-13-6(2)4-5-7-14-8(15-16-7)9(10,11)12/h6,13H,3-5H2,1-2H3. The summed E-state index contributed by atoms with van der Waals surface area (Å²) in [5, 5.41) is 6.02. The van der Waals surface area contributed by atoms with Gasteiger partial charge in [0, 0.05) is 12.5 Å². The summed E-state index contributed by atoms with van der Waals surface area (Å²) in [6, 6.07) is 0.214. The number of halogens is 3. The van der Waals surface area contributed by atoms with E-state index in [4.69, 9.17) is 0 Å². The van der Waals surface area contributed by atoms with Crippen molar-refractivity contribution in [1.82, 2.24) is 15.5 Å². The Morgan fingerprint density at radius 3 is 2.62 bits per heavy atom. The summed E-state index contributed by atoms with van der Waals surface area (Å²) in [4.78, 5) is 3.28. The van der Waals surface area contributed by atoms with Crippen molar-refractivity contribution in [3.05, 3.63) is 11.7 Å². The molecule has 0 aromatic carbocycles. The van der Waals surface area contributed by atoms with Crippen LogP contribution >= 0.6 is 0 Å². The van der Waals surface area contributed by atoms with E-state index in [0.717, 1.165) is 6.54 Å². The van der Waals surface area contributed by atoms with Gasteiger partial charge in [-0.3, -0.25) is 0 Å². The Morgan fingerprint density at radius 1 is 1.44 bits per heavy atom. The third-order valence-electron chi connectivity index (χ3n) is 2.07. The van der Waals surface area contributed by atoms with Gasteiger partial charge in [0.25, 0.3) is 5.82 Å². The summed E-state index contributed by atoms with van der Waals surface area (Å²) in [6.45, 7) is 4.73. The highest BCUT2D eigenvalue weighted by molar-refractivity contribution is 4.91. The lowest BCUT2D eigenvalue weighted by Gasteiger charge is -2.09. The van der Waals surface area contributed by atoms with Crippen LogP contribution in [0, 0.1) is 0 Å². The normalized spacial score (nSPS) is 14.1. The van der Waals surface area contributed by atoms with E-state index in [9.17, 15) is 13.2 Å². The Kier molecular flexibility index (Phi) is 4.28. The van der Waals surface area contributed by atoms with Crippen LogP contribution in [0.1, 0.15) is 32.0 Å². The fourth-order valence-electron chi connectivity index (χ4n) is 1.26. The maximum absolute atomic E-state index is 12.1. The van der Waals surface area contributed by atoms with Crippen molar-refractivity contribution in [2.75, 3.05) is 6.54 Å². The lowest BCUT2D eigenvalue weighted by molar-refractivity contribution is -0.146. The van der Waals surface area contributed by atoms with Crippen LogP contribution in [0.2, 0.25) is 0 Å². The second kappa shape index (κ2) is 5.29. The predicted octanol–water partition coefficient (Wildman–Crippen LogP) is 2.02. The van der Waals surface area contributed by atoms with Gasteiger partial charge in [0.15, 0.2) is 0 Å². The molecule has 1 unspecified atom stereocenters. The van der Waals surface area contributed by atoms with Gasteiger partial charge < -0.3 is 9.84 Å². The molecule has 0 saturated heterocycles. The van der Waals surface area contributed by atoms with E-state index in [-0.39, 0.29) is 11.9 Å². The Hall–Kier alpha value is -1.11. The fraction of sp³-hybridized carbons (Fsp3) is 0.778. The van der Waals surface area contributed by atoms with E-state index < -0.39 is 12.0 Å². The number of hydrogen-bond acceptors (Lipinski definition) is 4. The SMILES string of the molecule is CCNC(C)CCc1nc(C(F)(F)F)no1. The van der Waals surface area contributed by atoms with E-state index in [1.54, 1.807) is 0 Å². The first-order valence-electron chi connectivity index (χ1n) is 5.06. The van der Waals surface area contributed by atoms with Gasteiger partial charge in [0.1, 0.15) is 0 Å². The summed E-state index contributed by atoms with van der Waals surface area (Å²) in [5.74, 6) is -1.18. The molecule has 1 heterocycles. The topological polar surface area (TPSA) is 51.0 Å². The van der Waals surface area contributed by atoms with Crippen molar-refractivity contribution in [2.45, 2.75) is 38.9 Å². The monoisotopic (exact) mass is 237 g/mol.